The molecule has 0 aromatic heterocycles. The van der Waals surface area contributed by atoms with Gasteiger partial charge in [-0.25, -0.2) is 8.42 Å². The quantitative estimate of drug-likeness (QED) is 0.682. The monoisotopic (exact) mass is 290 g/mol. The highest BCUT2D eigenvalue weighted by molar-refractivity contribution is 7.90. The van der Waals surface area contributed by atoms with Gasteiger partial charge in [0, 0.05) is 24.8 Å². The topological polar surface area (TPSA) is 75.3 Å². The van der Waals surface area contributed by atoms with Crippen LogP contribution in [0.25, 0.3) is 0 Å². The molecule has 0 atom stereocenters. The van der Waals surface area contributed by atoms with Crippen LogP contribution in [-0.2, 0) is 14.6 Å². The van der Waals surface area contributed by atoms with E-state index in [1.807, 2.05) is 7.05 Å². The van der Waals surface area contributed by atoms with E-state index in [0.29, 0.717) is 19.4 Å². The molecule has 19 heavy (non-hydrogen) atoms. The highest BCUT2D eigenvalue weighted by atomic mass is 32.2. The van der Waals surface area contributed by atoms with E-state index in [-0.39, 0.29) is 17.2 Å². The van der Waals surface area contributed by atoms with Crippen LogP contribution in [0, 0.1) is 0 Å². The number of carbonyl (C=O) groups is 1. The smallest absolute Gasteiger partial charge is 0.221 e. The molecule has 0 aromatic rings. The molecule has 0 unspecified atom stereocenters. The van der Waals surface area contributed by atoms with E-state index in [0.717, 1.165) is 12.8 Å². The number of hydrogen-bond donors (Lipinski definition) is 2. The molecule has 1 saturated carbocycles. The van der Waals surface area contributed by atoms with E-state index in [1.165, 1.54) is 25.5 Å². The van der Waals surface area contributed by atoms with Gasteiger partial charge in [0.1, 0.15) is 9.84 Å². The number of carbonyl (C=O) groups excluding carboxylic acids is 1. The van der Waals surface area contributed by atoms with Crippen LogP contribution >= 0.6 is 0 Å². The zero-order chi connectivity index (χ0) is 14.4. The number of amides is 1. The Morgan fingerprint density at radius 2 is 1.84 bits per heavy atom. The molecule has 1 aliphatic rings. The zero-order valence-electron chi connectivity index (χ0n) is 12.0. The molecule has 2 N–H and O–H groups in total. The van der Waals surface area contributed by atoms with Crippen molar-refractivity contribution in [3.63, 3.8) is 0 Å². The van der Waals surface area contributed by atoms with Crippen LogP contribution < -0.4 is 10.6 Å². The average Bonchev–Trinajstić information content (AvgIpc) is 2.35. The fourth-order valence-electron chi connectivity index (χ4n) is 2.68. The predicted molar refractivity (Wildman–Crippen MR) is 76.8 cm³/mol. The third-order valence-corrected chi connectivity index (χ3v) is 4.88. The van der Waals surface area contributed by atoms with Crippen molar-refractivity contribution >= 4 is 15.7 Å². The maximum absolute atomic E-state index is 11.9. The Kier molecular flexibility index (Phi) is 6.26. The van der Waals surface area contributed by atoms with Gasteiger partial charge in [0.25, 0.3) is 0 Å². The second kappa shape index (κ2) is 7.24. The molecule has 0 spiro atoms. The van der Waals surface area contributed by atoms with Gasteiger partial charge in [0.2, 0.25) is 5.91 Å². The Balaban J connectivity index is 2.29. The summed E-state index contributed by atoms with van der Waals surface area (Å²) in [6, 6.07) is 0. The fraction of sp³-hybridized carbons (Fsp3) is 0.923. The molecule has 1 rings (SSSR count). The van der Waals surface area contributed by atoms with Gasteiger partial charge in [-0.3, -0.25) is 4.79 Å². The van der Waals surface area contributed by atoms with E-state index in [1.54, 1.807) is 0 Å². The summed E-state index contributed by atoms with van der Waals surface area (Å²) >= 11 is 0. The largest absolute Gasteiger partial charge is 0.356 e. The molecule has 1 amide bonds. The van der Waals surface area contributed by atoms with Gasteiger partial charge in [0.15, 0.2) is 0 Å². The first-order valence-corrected chi connectivity index (χ1v) is 9.06. The number of hydrogen-bond acceptors (Lipinski definition) is 4. The average molecular weight is 290 g/mol. The second-order valence-electron chi connectivity index (χ2n) is 5.60. The van der Waals surface area contributed by atoms with E-state index in [9.17, 15) is 13.2 Å². The first-order chi connectivity index (χ1) is 8.87. The molecule has 0 bridgehead atoms. The lowest BCUT2D eigenvalue weighted by atomic mass is 9.79. The lowest BCUT2D eigenvalue weighted by molar-refractivity contribution is -0.122. The van der Waals surface area contributed by atoms with Crippen molar-refractivity contribution in [3.8, 4) is 0 Å². The molecule has 1 aliphatic carbocycles. The maximum Gasteiger partial charge on any atom is 0.221 e. The lowest BCUT2D eigenvalue weighted by Crippen LogP contribution is -2.48. The van der Waals surface area contributed by atoms with E-state index in [4.69, 9.17) is 0 Å². The summed E-state index contributed by atoms with van der Waals surface area (Å²) in [6.45, 7) is 0.436. The molecule has 5 nitrogen and oxygen atoms in total. The third-order valence-electron chi connectivity index (χ3n) is 3.85. The van der Waals surface area contributed by atoms with Gasteiger partial charge >= 0.3 is 0 Å². The standard InChI is InChI=1S/C13H26N2O3S/c1-14-13(7-4-3-5-8-13)11-12(16)15-9-6-10-19(2,17)18/h14H,3-11H2,1-2H3,(H,15,16). The molecule has 0 radical (unpaired) electrons. The van der Waals surface area contributed by atoms with Crippen molar-refractivity contribution in [2.75, 3.05) is 25.6 Å². The highest BCUT2D eigenvalue weighted by Crippen LogP contribution is 2.30. The maximum atomic E-state index is 11.9. The van der Waals surface area contributed by atoms with Crippen LogP contribution in [0.5, 0.6) is 0 Å². The number of rotatable bonds is 7. The van der Waals surface area contributed by atoms with Crippen LogP contribution in [0.2, 0.25) is 0 Å². The second-order valence-corrected chi connectivity index (χ2v) is 7.86. The minimum absolute atomic E-state index is 0.0183. The summed E-state index contributed by atoms with van der Waals surface area (Å²) in [7, 11) is -1.01. The van der Waals surface area contributed by atoms with Gasteiger partial charge in [-0.05, 0) is 26.3 Å². The minimum atomic E-state index is -2.93. The first kappa shape index (κ1) is 16.4. The summed E-state index contributed by atoms with van der Waals surface area (Å²) in [5.74, 6) is 0.148. The summed E-state index contributed by atoms with van der Waals surface area (Å²) in [5, 5.41) is 6.12. The molecule has 6 heteroatoms. The third kappa shape index (κ3) is 6.38. The van der Waals surface area contributed by atoms with Gasteiger partial charge in [0.05, 0.1) is 5.75 Å². The van der Waals surface area contributed by atoms with Gasteiger partial charge in [-0.2, -0.15) is 0 Å². The normalized spacial score (nSPS) is 19.1. The molecule has 0 aromatic carbocycles. The molecular weight excluding hydrogens is 264 g/mol. The van der Waals surface area contributed by atoms with Gasteiger partial charge in [-0.15, -0.1) is 0 Å². The SMILES string of the molecule is CNC1(CC(=O)NCCCS(C)(=O)=O)CCCCC1. The Morgan fingerprint density at radius 1 is 1.21 bits per heavy atom. The van der Waals surface area contributed by atoms with Crippen molar-refractivity contribution in [1.82, 2.24) is 10.6 Å². The summed E-state index contributed by atoms with van der Waals surface area (Å²) in [4.78, 5) is 11.9. The Morgan fingerprint density at radius 3 is 2.37 bits per heavy atom. The van der Waals surface area contributed by atoms with Gasteiger partial charge in [-0.1, -0.05) is 19.3 Å². The van der Waals surface area contributed by atoms with Crippen LogP contribution in [0.4, 0.5) is 0 Å². The molecule has 112 valence electrons. The predicted octanol–water partition coefficient (Wildman–Crippen LogP) is 0.850. The summed E-state index contributed by atoms with van der Waals surface area (Å²) in [5.41, 5.74) is -0.0564. The highest BCUT2D eigenvalue weighted by Gasteiger charge is 2.32. The van der Waals surface area contributed by atoms with Crippen molar-refractivity contribution in [2.45, 2.75) is 50.5 Å². The first-order valence-electron chi connectivity index (χ1n) is 7.00. The Hall–Kier alpha value is -0.620. The van der Waals surface area contributed by atoms with Crippen LogP contribution in [-0.4, -0.2) is 45.5 Å². The van der Waals surface area contributed by atoms with Crippen molar-refractivity contribution in [3.05, 3.63) is 0 Å². The van der Waals surface area contributed by atoms with E-state index < -0.39 is 9.84 Å². The summed E-state index contributed by atoms with van der Waals surface area (Å²) in [6.07, 6.45) is 7.86. The molecule has 0 heterocycles. The van der Waals surface area contributed by atoms with Crippen LogP contribution in [0.1, 0.15) is 44.9 Å². The van der Waals surface area contributed by atoms with Crippen molar-refractivity contribution in [2.24, 2.45) is 0 Å². The summed E-state index contributed by atoms with van der Waals surface area (Å²) < 4.78 is 21.9. The molecule has 0 aliphatic heterocycles. The molecular formula is C13H26N2O3S. The van der Waals surface area contributed by atoms with Gasteiger partial charge < -0.3 is 10.6 Å². The molecule has 1 fully saturated rings. The van der Waals surface area contributed by atoms with Crippen molar-refractivity contribution < 1.29 is 13.2 Å². The number of nitrogens with one attached hydrogen (secondary N) is 2. The van der Waals surface area contributed by atoms with Crippen LogP contribution in [0.3, 0.4) is 0 Å². The zero-order valence-corrected chi connectivity index (χ0v) is 12.8. The Bertz CT molecular complexity index is 387. The van der Waals surface area contributed by atoms with Crippen LogP contribution in [0.15, 0.2) is 0 Å². The fourth-order valence-corrected chi connectivity index (χ4v) is 3.34. The Labute approximate surface area is 116 Å². The minimum Gasteiger partial charge on any atom is -0.356 e. The van der Waals surface area contributed by atoms with E-state index >= 15 is 0 Å². The molecule has 0 saturated heterocycles. The van der Waals surface area contributed by atoms with Crippen molar-refractivity contribution in [1.29, 1.82) is 0 Å². The lowest BCUT2D eigenvalue weighted by Gasteiger charge is -2.36. The van der Waals surface area contributed by atoms with E-state index in [2.05, 4.69) is 10.6 Å². The number of sulfone groups is 1.